The molecule has 0 amide bonds. The smallest absolute Gasteiger partial charge is 0.115 e. The zero-order valence-corrected chi connectivity index (χ0v) is 15.0. The van der Waals surface area contributed by atoms with Crippen molar-refractivity contribution in [2.24, 2.45) is 0 Å². The third kappa shape index (κ3) is 4.87. The normalized spacial score (nSPS) is 12.2. The summed E-state index contributed by atoms with van der Waals surface area (Å²) in [4.78, 5) is 0. The van der Waals surface area contributed by atoms with Gasteiger partial charge < -0.3 is 15.5 Å². The highest BCUT2D eigenvalue weighted by molar-refractivity contribution is 5.37. The van der Waals surface area contributed by atoms with E-state index in [2.05, 4.69) is 36.5 Å². The molecule has 26 heavy (non-hydrogen) atoms. The van der Waals surface area contributed by atoms with Gasteiger partial charge in [-0.15, -0.1) is 0 Å². The number of hydrogen-bond donors (Lipinski definition) is 3. The second-order valence-electron chi connectivity index (χ2n) is 6.74. The van der Waals surface area contributed by atoms with Crippen molar-refractivity contribution < 1.29 is 10.2 Å². The molecule has 3 aromatic rings. The number of aromatic hydroxyl groups is 2. The molecule has 0 saturated heterocycles. The molecule has 0 bridgehead atoms. The molecule has 0 aliphatic carbocycles. The van der Waals surface area contributed by atoms with E-state index in [0.717, 1.165) is 24.1 Å². The summed E-state index contributed by atoms with van der Waals surface area (Å²) in [5, 5.41) is 22.8. The summed E-state index contributed by atoms with van der Waals surface area (Å²) in [6, 6.07) is 25.5. The Balaban J connectivity index is 1.74. The highest BCUT2D eigenvalue weighted by Crippen LogP contribution is 2.31. The molecule has 0 aliphatic heterocycles. The van der Waals surface area contributed by atoms with Gasteiger partial charge >= 0.3 is 0 Å². The van der Waals surface area contributed by atoms with Crippen LogP contribution >= 0.6 is 0 Å². The average Bonchev–Trinajstić information content (AvgIpc) is 2.67. The first-order valence-corrected chi connectivity index (χ1v) is 8.97. The Bertz CT molecular complexity index is 752. The van der Waals surface area contributed by atoms with Gasteiger partial charge in [0, 0.05) is 18.5 Å². The molecule has 3 nitrogen and oxygen atoms in total. The van der Waals surface area contributed by atoms with Crippen LogP contribution in [0, 0.1) is 0 Å². The SMILES string of the molecule is CC(CC(c1ccc(O)cc1)c1ccc(O)cc1)NCc1ccccc1. The van der Waals surface area contributed by atoms with Crippen LogP contribution < -0.4 is 5.32 Å². The number of phenols is 2. The average molecular weight is 347 g/mol. The van der Waals surface area contributed by atoms with E-state index >= 15 is 0 Å². The Morgan fingerprint density at radius 1 is 0.731 bits per heavy atom. The standard InChI is InChI=1S/C23H25NO2/c1-17(24-16-18-5-3-2-4-6-18)15-23(19-7-11-21(25)12-8-19)20-9-13-22(26)14-10-20/h2-14,17,23-26H,15-16H2,1H3. The highest BCUT2D eigenvalue weighted by atomic mass is 16.3. The first-order chi connectivity index (χ1) is 12.6. The summed E-state index contributed by atoms with van der Waals surface area (Å²) < 4.78 is 0. The molecule has 0 fully saturated rings. The topological polar surface area (TPSA) is 52.5 Å². The summed E-state index contributed by atoms with van der Waals surface area (Å²) in [5.41, 5.74) is 3.58. The van der Waals surface area contributed by atoms with Crippen molar-refractivity contribution in [1.82, 2.24) is 5.32 Å². The van der Waals surface area contributed by atoms with E-state index in [9.17, 15) is 10.2 Å². The van der Waals surface area contributed by atoms with Crippen LogP contribution in [0.2, 0.25) is 0 Å². The predicted molar refractivity (Wildman–Crippen MR) is 105 cm³/mol. The second-order valence-corrected chi connectivity index (χ2v) is 6.74. The van der Waals surface area contributed by atoms with Crippen molar-refractivity contribution in [3.8, 4) is 11.5 Å². The minimum absolute atomic E-state index is 0.189. The molecule has 0 radical (unpaired) electrons. The molecule has 3 heteroatoms. The van der Waals surface area contributed by atoms with Gasteiger partial charge in [0.1, 0.15) is 11.5 Å². The lowest BCUT2D eigenvalue weighted by molar-refractivity contribution is 0.471. The van der Waals surface area contributed by atoms with Crippen molar-refractivity contribution >= 4 is 0 Å². The molecule has 3 N–H and O–H groups in total. The molecule has 0 aliphatic rings. The number of rotatable bonds is 7. The molecule has 1 unspecified atom stereocenters. The van der Waals surface area contributed by atoms with Gasteiger partial charge in [0.05, 0.1) is 0 Å². The Hall–Kier alpha value is -2.78. The van der Waals surface area contributed by atoms with Gasteiger partial charge in [0.2, 0.25) is 0 Å². The van der Waals surface area contributed by atoms with Crippen LogP contribution in [-0.4, -0.2) is 16.3 Å². The third-order valence-electron chi connectivity index (χ3n) is 4.68. The largest absolute Gasteiger partial charge is 0.508 e. The molecule has 1 atom stereocenters. The molecule has 0 aromatic heterocycles. The Morgan fingerprint density at radius 3 is 1.73 bits per heavy atom. The van der Waals surface area contributed by atoms with Crippen LogP contribution in [0.3, 0.4) is 0 Å². The predicted octanol–water partition coefficient (Wildman–Crippen LogP) is 4.80. The molecule has 3 rings (SSSR count). The Morgan fingerprint density at radius 2 is 1.23 bits per heavy atom. The van der Waals surface area contributed by atoms with Gasteiger partial charge in [0.15, 0.2) is 0 Å². The third-order valence-corrected chi connectivity index (χ3v) is 4.68. The van der Waals surface area contributed by atoms with Gasteiger partial charge in [0.25, 0.3) is 0 Å². The van der Waals surface area contributed by atoms with E-state index in [1.54, 1.807) is 24.3 Å². The Kier molecular flexibility index (Phi) is 5.92. The minimum Gasteiger partial charge on any atom is -0.508 e. The maximum Gasteiger partial charge on any atom is 0.115 e. The zero-order valence-electron chi connectivity index (χ0n) is 15.0. The fourth-order valence-electron chi connectivity index (χ4n) is 3.20. The number of hydrogen-bond acceptors (Lipinski definition) is 3. The first-order valence-electron chi connectivity index (χ1n) is 8.97. The first kappa shape index (κ1) is 18.0. The van der Waals surface area contributed by atoms with Crippen molar-refractivity contribution in [2.45, 2.75) is 31.8 Å². The van der Waals surface area contributed by atoms with Crippen LogP contribution in [0.15, 0.2) is 78.9 Å². The molecule has 0 spiro atoms. The van der Waals surface area contributed by atoms with Crippen molar-refractivity contribution in [2.75, 3.05) is 0 Å². The van der Waals surface area contributed by atoms with Crippen LogP contribution in [0.25, 0.3) is 0 Å². The number of nitrogens with one attached hydrogen (secondary N) is 1. The molecular weight excluding hydrogens is 322 g/mol. The van der Waals surface area contributed by atoms with Crippen LogP contribution in [0.1, 0.15) is 36.0 Å². The maximum absolute atomic E-state index is 9.59. The Labute approximate surface area is 155 Å². The highest BCUT2D eigenvalue weighted by Gasteiger charge is 2.18. The molecule has 0 saturated carbocycles. The zero-order chi connectivity index (χ0) is 18.4. The summed E-state index contributed by atoms with van der Waals surface area (Å²) in [7, 11) is 0. The minimum atomic E-state index is 0.189. The monoisotopic (exact) mass is 347 g/mol. The summed E-state index contributed by atoms with van der Waals surface area (Å²) in [5.74, 6) is 0.733. The van der Waals surface area contributed by atoms with Crippen molar-refractivity contribution in [1.29, 1.82) is 0 Å². The fraction of sp³-hybridized carbons (Fsp3) is 0.217. The van der Waals surface area contributed by atoms with Crippen LogP contribution in [0.5, 0.6) is 11.5 Å². The van der Waals surface area contributed by atoms with Crippen molar-refractivity contribution in [3.63, 3.8) is 0 Å². The van der Waals surface area contributed by atoms with Gasteiger partial charge in [-0.1, -0.05) is 54.6 Å². The van der Waals surface area contributed by atoms with E-state index in [1.807, 2.05) is 30.3 Å². The van der Waals surface area contributed by atoms with Gasteiger partial charge in [-0.05, 0) is 54.3 Å². The van der Waals surface area contributed by atoms with E-state index < -0.39 is 0 Å². The van der Waals surface area contributed by atoms with Gasteiger partial charge in [-0.2, -0.15) is 0 Å². The molecule has 0 heterocycles. The quantitative estimate of drug-likeness (QED) is 0.575. The van der Waals surface area contributed by atoms with E-state index in [-0.39, 0.29) is 17.4 Å². The van der Waals surface area contributed by atoms with Gasteiger partial charge in [-0.25, -0.2) is 0 Å². The maximum atomic E-state index is 9.59. The van der Waals surface area contributed by atoms with Gasteiger partial charge in [-0.3, -0.25) is 0 Å². The van der Waals surface area contributed by atoms with E-state index in [1.165, 1.54) is 5.56 Å². The summed E-state index contributed by atoms with van der Waals surface area (Å²) in [6.07, 6.45) is 0.919. The summed E-state index contributed by atoms with van der Waals surface area (Å²) in [6.45, 7) is 3.02. The lowest BCUT2D eigenvalue weighted by Gasteiger charge is -2.23. The van der Waals surface area contributed by atoms with Crippen molar-refractivity contribution in [3.05, 3.63) is 95.6 Å². The lowest BCUT2D eigenvalue weighted by Crippen LogP contribution is -2.27. The van der Waals surface area contributed by atoms with Crippen LogP contribution in [0.4, 0.5) is 0 Å². The second kappa shape index (κ2) is 8.54. The lowest BCUT2D eigenvalue weighted by atomic mass is 9.86. The van der Waals surface area contributed by atoms with E-state index in [4.69, 9.17) is 0 Å². The van der Waals surface area contributed by atoms with E-state index in [0.29, 0.717) is 6.04 Å². The summed E-state index contributed by atoms with van der Waals surface area (Å²) >= 11 is 0. The van der Waals surface area contributed by atoms with Crippen LogP contribution in [-0.2, 0) is 6.54 Å². The number of benzene rings is 3. The molecular formula is C23H25NO2. The fourth-order valence-corrected chi connectivity index (χ4v) is 3.20. The number of phenolic OH excluding ortho intramolecular Hbond substituents is 2. The molecule has 3 aromatic carbocycles. The molecule has 134 valence electrons.